The van der Waals surface area contributed by atoms with Gasteiger partial charge in [0, 0.05) is 12.6 Å². The molecule has 1 unspecified atom stereocenters. The fraction of sp³-hybridized carbons (Fsp3) is 1.00. The van der Waals surface area contributed by atoms with Gasteiger partial charge in [0.25, 0.3) is 0 Å². The molecule has 0 spiro atoms. The van der Waals surface area contributed by atoms with Crippen LogP contribution in [0.4, 0.5) is 0 Å². The molecule has 2 heteroatoms. The first-order chi connectivity index (χ1) is 8.57. The average Bonchev–Trinajstić information content (AvgIpc) is 2.52. The Kier molecular flexibility index (Phi) is 5.08. The molecule has 1 heterocycles. The molecule has 0 aromatic rings. The molecule has 0 bridgehead atoms. The summed E-state index contributed by atoms with van der Waals surface area (Å²) in [6.45, 7) is 8.49. The summed E-state index contributed by atoms with van der Waals surface area (Å²) in [7, 11) is 0. The second-order valence-electron chi connectivity index (χ2n) is 7.38. The van der Waals surface area contributed by atoms with Gasteiger partial charge in [-0.15, -0.1) is 0 Å². The first-order valence-corrected chi connectivity index (χ1v) is 8.05. The summed E-state index contributed by atoms with van der Waals surface area (Å²) in [6.07, 6.45) is 11.1. The topological polar surface area (TPSA) is 29.3 Å². The third kappa shape index (κ3) is 4.24. The van der Waals surface area contributed by atoms with Crippen LogP contribution in [0.15, 0.2) is 0 Å². The second kappa shape index (κ2) is 6.38. The quantitative estimate of drug-likeness (QED) is 0.834. The highest BCUT2D eigenvalue weighted by molar-refractivity contribution is 4.82. The lowest BCUT2D eigenvalue weighted by molar-refractivity contribution is 0.204. The Balaban J connectivity index is 1.77. The van der Waals surface area contributed by atoms with E-state index < -0.39 is 0 Å². The maximum atomic E-state index is 6.46. The van der Waals surface area contributed by atoms with Crippen LogP contribution in [0, 0.1) is 11.3 Å². The van der Waals surface area contributed by atoms with Gasteiger partial charge < -0.3 is 10.6 Å². The van der Waals surface area contributed by atoms with Crippen molar-refractivity contribution in [3.8, 4) is 0 Å². The van der Waals surface area contributed by atoms with Gasteiger partial charge in [-0.05, 0) is 56.5 Å². The van der Waals surface area contributed by atoms with Gasteiger partial charge in [-0.3, -0.25) is 0 Å². The molecule has 1 saturated carbocycles. The van der Waals surface area contributed by atoms with Gasteiger partial charge in [0.15, 0.2) is 0 Å². The second-order valence-corrected chi connectivity index (χ2v) is 7.38. The number of likely N-dealkylation sites (tertiary alicyclic amines) is 1. The van der Waals surface area contributed by atoms with E-state index in [2.05, 4.69) is 18.7 Å². The third-order valence-corrected chi connectivity index (χ3v) is 5.16. The first kappa shape index (κ1) is 14.3. The molecule has 1 atom stereocenters. The molecule has 2 rings (SSSR count). The molecule has 2 aliphatic rings. The van der Waals surface area contributed by atoms with Crippen molar-refractivity contribution >= 4 is 0 Å². The Morgan fingerprint density at radius 1 is 1.06 bits per heavy atom. The summed E-state index contributed by atoms with van der Waals surface area (Å²) in [4.78, 5) is 2.63. The smallest absolute Gasteiger partial charge is 0.0196 e. The highest BCUT2D eigenvalue weighted by Gasteiger charge is 2.26. The van der Waals surface area contributed by atoms with Gasteiger partial charge in [-0.2, -0.15) is 0 Å². The first-order valence-electron chi connectivity index (χ1n) is 8.05. The summed E-state index contributed by atoms with van der Waals surface area (Å²) < 4.78 is 0. The van der Waals surface area contributed by atoms with Crippen LogP contribution in [0.25, 0.3) is 0 Å². The molecule has 1 aliphatic heterocycles. The molecule has 0 aromatic heterocycles. The molecular weight excluding hydrogens is 220 g/mol. The lowest BCUT2D eigenvalue weighted by Crippen LogP contribution is -2.43. The van der Waals surface area contributed by atoms with Crippen LogP contribution in [0.1, 0.15) is 65.2 Å². The summed E-state index contributed by atoms with van der Waals surface area (Å²) in [5, 5.41) is 0. The van der Waals surface area contributed by atoms with Gasteiger partial charge in [0.05, 0.1) is 0 Å². The van der Waals surface area contributed by atoms with Crippen LogP contribution in [-0.4, -0.2) is 30.6 Å². The van der Waals surface area contributed by atoms with E-state index >= 15 is 0 Å². The predicted molar refractivity (Wildman–Crippen MR) is 78.6 cm³/mol. The number of nitrogens with two attached hydrogens (primary N) is 1. The van der Waals surface area contributed by atoms with Crippen molar-refractivity contribution in [3.63, 3.8) is 0 Å². The van der Waals surface area contributed by atoms with Crippen molar-refractivity contribution in [1.29, 1.82) is 0 Å². The summed E-state index contributed by atoms with van der Waals surface area (Å²) in [6, 6.07) is 0.423. The van der Waals surface area contributed by atoms with Crippen LogP contribution >= 0.6 is 0 Å². The van der Waals surface area contributed by atoms with E-state index in [1.54, 1.807) is 0 Å². The zero-order chi connectivity index (χ0) is 13.0. The van der Waals surface area contributed by atoms with Crippen LogP contribution in [-0.2, 0) is 0 Å². The Labute approximate surface area is 113 Å². The Morgan fingerprint density at radius 3 is 2.50 bits per heavy atom. The average molecular weight is 252 g/mol. The van der Waals surface area contributed by atoms with E-state index in [0.29, 0.717) is 11.5 Å². The van der Waals surface area contributed by atoms with Gasteiger partial charge in [0.2, 0.25) is 0 Å². The van der Waals surface area contributed by atoms with E-state index in [4.69, 9.17) is 5.73 Å². The number of nitrogens with zero attached hydrogens (tertiary/aromatic N) is 1. The molecule has 0 amide bonds. The van der Waals surface area contributed by atoms with Crippen LogP contribution in [0.5, 0.6) is 0 Å². The van der Waals surface area contributed by atoms with Gasteiger partial charge in [-0.25, -0.2) is 0 Å². The maximum absolute atomic E-state index is 6.46. The molecule has 18 heavy (non-hydrogen) atoms. The molecule has 1 saturated heterocycles. The summed E-state index contributed by atoms with van der Waals surface area (Å²) in [5.74, 6) is 0.801. The fourth-order valence-electron chi connectivity index (χ4n) is 3.67. The molecule has 106 valence electrons. The predicted octanol–water partition coefficient (Wildman–Crippen LogP) is 3.41. The highest BCUT2D eigenvalue weighted by Crippen LogP contribution is 2.31. The van der Waals surface area contributed by atoms with Crippen molar-refractivity contribution in [2.45, 2.75) is 71.3 Å². The van der Waals surface area contributed by atoms with Crippen molar-refractivity contribution < 1.29 is 0 Å². The molecule has 0 radical (unpaired) electrons. The Bertz CT molecular complexity index is 243. The molecule has 2 nitrogen and oxygen atoms in total. The van der Waals surface area contributed by atoms with Crippen molar-refractivity contribution in [1.82, 2.24) is 4.90 Å². The zero-order valence-corrected chi connectivity index (χ0v) is 12.5. The van der Waals surface area contributed by atoms with E-state index in [0.717, 1.165) is 12.5 Å². The minimum absolute atomic E-state index is 0.423. The van der Waals surface area contributed by atoms with E-state index in [1.165, 1.54) is 64.5 Å². The van der Waals surface area contributed by atoms with Crippen LogP contribution < -0.4 is 5.73 Å². The SMILES string of the molecule is CC1(C)CCCN(CC(N)C2CCCCC2)CC1. The van der Waals surface area contributed by atoms with Gasteiger partial charge in [0.1, 0.15) is 0 Å². The largest absolute Gasteiger partial charge is 0.326 e. The molecular formula is C16H32N2. The van der Waals surface area contributed by atoms with Gasteiger partial charge >= 0.3 is 0 Å². The maximum Gasteiger partial charge on any atom is 0.0196 e. The van der Waals surface area contributed by atoms with Crippen molar-refractivity contribution in [2.24, 2.45) is 17.1 Å². The van der Waals surface area contributed by atoms with Crippen LogP contribution in [0.2, 0.25) is 0 Å². The lowest BCUT2D eigenvalue weighted by Gasteiger charge is -2.32. The lowest BCUT2D eigenvalue weighted by atomic mass is 9.84. The van der Waals surface area contributed by atoms with Crippen molar-refractivity contribution in [2.75, 3.05) is 19.6 Å². The van der Waals surface area contributed by atoms with E-state index in [-0.39, 0.29) is 0 Å². The number of rotatable bonds is 3. The molecule has 2 N–H and O–H groups in total. The third-order valence-electron chi connectivity index (χ3n) is 5.16. The van der Waals surface area contributed by atoms with E-state index in [1.807, 2.05) is 0 Å². The zero-order valence-electron chi connectivity index (χ0n) is 12.5. The Morgan fingerprint density at radius 2 is 1.78 bits per heavy atom. The van der Waals surface area contributed by atoms with E-state index in [9.17, 15) is 0 Å². The Hall–Kier alpha value is -0.0800. The summed E-state index contributed by atoms with van der Waals surface area (Å²) in [5.41, 5.74) is 7.00. The molecule has 2 fully saturated rings. The fourth-order valence-corrected chi connectivity index (χ4v) is 3.67. The number of hydrogen-bond acceptors (Lipinski definition) is 2. The highest BCUT2D eigenvalue weighted by atomic mass is 15.1. The van der Waals surface area contributed by atoms with Crippen LogP contribution in [0.3, 0.4) is 0 Å². The normalized spacial score (nSPS) is 28.8. The molecule has 1 aliphatic carbocycles. The standard InChI is InChI=1S/C16H32N2/c1-16(2)9-6-11-18(12-10-16)13-15(17)14-7-4-3-5-8-14/h14-15H,3-13,17H2,1-2H3. The number of hydrogen-bond donors (Lipinski definition) is 1. The van der Waals surface area contributed by atoms with Crippen molar-refractivity contribution in [3.05, 3.63) is 0 Å². The summed E-state index contributed by atoms with van der Waals surface area (Å²) >= 11 is 0. The minimum Gasteiger partial charge on any atom is -0.326 e. The monoisotopic (exact) mass is 252 g/mol. The van der Waals surface area contributed by atoms with Gasteiger partial charge in [-0.1, -0.05) is 33.1 Å². The molecule has 0 aromatic carbocycles. The minimum atomic E-state index is 0.423.